The molecule has 1 unspecified atom stereocenters. The van der Waals surface area contributed by atoms with Crippen LogP contribution in [0.1, 0.15) is 38.7 Å². The Kier molecular flexibility index (Phi) is 6.41. The summed E-state index contributed by atoms with van der Waals surface area (Å²) in [7, 11) is 0. The van der Waals surface area contributed by atoms with Gasteiger partial charge in [0.2, 0.25) is 0 Å². The van der Waals surface area contributed by atoms with Gasteiger partial charge in [0.15, 0.2) is 0 Å². The molecule has 5 heterocycles. The first-order valence-corrected chi connectivity index (χ1v) is 12.3. The maximum absolute atomic E-state index is 12.1. The molecule has 3 aromatic heterocycles. The van der Waals surface area contributed by atoms with Gasteiger partial charge in [0.25, 0.3) is 0 Å². The molecule has 2 aliphatic heterocycles. The third-order valence-corrected chi connectivity index (χ3v) is 7.30. The summed E-state index contributed by atoms with van der Waals surface area (Å²) in [6.07, 6.45) is 6.45. The van der Waals surface area contributed by atoms with Crippen molar-refractivity contribution in [3.8, 4) is 22.9 Å². The highest BCUT2D eigenvalue weighted by Gasteiger charge is 2.43. The monoisotopic (exact) mass is 490 g/mol. The van der Waals surface area contributed by atoms with E-state index in [9.17, 15) is 15.2 Å². The van der Waals surface area contributed by atoms with Crippen molar-refractivity contribution < 1.29 is 19.4 Å². The van der Waals surface area contributed by atoms with E-state index < -0.39 is 11.6 Å². The molecule has 0 aliphatic carbocycles. The number of nitriles is 1. The minimum absolute atomic E-state index is 0.0809. The molecule has 0 spiro atoms. The summed E-state index contributed by atoms with van der Waals surface area (Å²) in [4.78, 5) is 20.7. The van der Waals surface area contributed by atoms with Gasteiger partial charge in [0, 0.05) is 42.6 Å². The van der Waals surface area contributed by atoms with Crippen molar-refractivity contribution in [2.24, 2.45) is 0 Å². The molecule has 10 heteroatoms. The zero-order valence-corrected chi connectivity index (χ0v) is 20.6. The normalized spacial score (nSPS) is 19.2. The van der Waals surface area contributed by atoms with Crippen molar-refractivity contribution in [1.82, 2.24) is 19.5 Å². The number of amides is 1. The Bertz CT molecular complexity index is 1280. The maximum Gasteiger partial charge on any atom is 0.408 e. The number of nitrogens with zero attached hydrogens (tertiary/aromatic N) is 6. The molecular formula is C26H30N6O4. The quantitative estimate of drug-likeness (QED) is 0.555. The van der Waals surface area contributed by atoms with Crippen LogP contribution in [0, 0.1) is 11.3 Å². The number of anilines is 1. The first-order valence-electron chi connectivity index (χ1n) is 12.3. The van der Waals surface area contributed by atoms with E-state index in [0.717, 1.165) is 36.2 Å². The summed E-state index contributed by atoms with van der Waals surface area (Å²) in [6, 6.07) is 8.02. The summed E-state index contributed by atoms with van der Waals surface area (Å²) in [6.45, 7) is 7.00. The van der Waals surface area contributed by atoms with Crippen LogP contribution in [0.5, 0.6) is 5.75 Å². The predicted molar refractivity (Wildman–Crippen MR) is 133 cm³/mol. The lowest BCUT2D eigenvalue weighted by Crippen LogP contribution is -2.59. The van der Waals surface area contributed by atoms with Crippen LogP contribution in [0.2, 0.25) is 0 Å². The molecular weight excluding hydrogens is 460 g/mol. The summed E-state index contributed by atoms with van der Waals surface area (Å²) in [5.41, 5.74) is 2.47. The number of ether oxygens (including phenoxy) is 2. The van der Waals surface area contributed by atoms with E-state index >= 15 is 0 Å². The number of fused-ring (bicyclic) bond motifs is 1. The number of rotatable bonds is 6. The topological polar surface area (TPSA) is 116 Å². The molecule has 10 nitrogen and oxygen atoms in total. The fraction of sp³-hybridized carbons (Fsp3) is 0.462. The molecule has 0 bridgehead atoms. The third-order valence-electron chi connectivity index (χ3n) is 7.30. The molecule has 36 heavy (non-hydrogen) atoms. The fourth-order valence-electron chi connectivity index (χ4n) is 5.39. The van der Waals surface area contributed by atoms with Gasteiger partial charge in [0.1, 0.15) is 17.6 Å². The first-order chi connectivity index (χ1) is 17.4. The largest absolute Gasteiger partial charge is 0.492 e. The lowest BCUT2D eigenvalue weighted by Gasteiger charge is -2.47. The van der Waals surface area contributed by atoms with Gasteiger partial charge in [-0.25, -0.2) is 14.3 Å². The molecule has 0 saturated carbocycles. The van der Waals surface area contributed by atoms with E-state index in [0.29, 0.717) is 49.7 Å². The van der Waals surface area contributed by atoms with E-state index in [-0.39, 0.29) is 6.04 Å². The van der Waals surface area contributed by atoms with Gasteiger partial charge in [-0.3, -0.25) is 4.90 Å². The minimum atomic E-state index is -0.874. The molecule has 1 N–H and O–H groups in total. The van der Waals surface area contributed by atoms with Crippen molar-refractivity contribution in [2.45, 2.75) is 44.7 Å². The highest BCUT2D eigenvalue weighted by molar-refractivity contribution is 5.85. The number of piperidine rings is 1. The zero-order valence-electron chi connectivity index (χ0n) is 20.6. The molecule has 188 valence electrons. The third kappa shape index (κ3) is 4.31. The zero-order chi connectivity index (χ0) is 25.3. The van der Waals surface area contributed by atoms with Crippen LogP contribution in [0.25, 0.3) is 16.6 Å². The van der Waals surface area contributed by atoms with Crippen molar-refractivity contribution in [1.29, 1.82) is 5.26 Å². The number of pyridine rings is 2. The van der Waals surface area contributed by atoms with Crippen LogP contribution in [0.15, 0.2) is 36.8 Å². The molecule has 1 amide bonds. The van der Waals surface area contributed by atoms with Crippen LogP contribution in [-0.4, -0.2) is 75.2 Å². The number of aromatic nitrogens is 3. The molecule has 1 atom stereocenters. The van der Waals surface area contributed by atoms with Gasteiger partial charge in [0.05, 0.1) is 42.7 Å². The Morgan fingerprint density at radius 1 is 1.36 bits per heavy atom. The summed E-state index contributed by atoms with van der Waals surface area (Å²) < 4.78 is 12.8. The van der Waals surface area contributed by atoms with E-state index in [1.807, 2.05) is 38.2 Å². The number of carbonyl (C=O) groups is 1. The summed E-state index contributed by atoms with van der Waals surface area (Å²) in [5, 5.41) is 23.8. The highest BCUT2D eigenvalue weighted by Crippen LogP contribution is 2.35. The van der Waals surface area contributed by atoms with Gasteiger partial charge < -0.3 is 19.5 Å². The minimum Gasteiger partial charge on any atom is -0.492 e. The van der Waals surface area contributed by atoms with Crippen molar-refractivity contribution in [3.05, 3.63) is 42.4 Å². The Balaban J connectivity index is 1.36. The molecule has 5 rings (SSSR count). The SMILES string of the molecule is CCOc1cc(-c2ccc(N3CCC(C)(N(C(=O)O)C4CCOC4)CC3)nc2)c2c(C#N)cnn2c1. The first kappa shape index (κ1) is 23.9. The van der Waals surface area contributed by atoms with Crippen LogP contribution in [-0.2, 0) is 4.74 Å². The molecule has 3 aromatic rings. The standard InChI is InChI=1S/C26H30N6O4/c1-3-36-21-12-22(24-19(13-27)15-29-31(24)16-21)18-4-5-23(28-14-18)30-9-7-26(2,8-10-30)32(25(33)34)20-6-11-35-17-20/h4-5,12,14-16,20H,3,6-11,17H2,1-2H3,(H,33,34). The number of carboxylic acid groups (broad SMARTS) is 1. The van der Waals surface area contributed by atoms with E-state index in [2.05, 4.69) is 16.1 Å². The molecule has 2 aliphatic rings. The van der Waals surface area contributed by atoms with Crippen molar-refractivity contribution >= 4 is 17.4 Å². The van der Waals surface area contributed by atoms with Crippen molar-refractivity contribution in [2.75, 3.05) is 37.8 Å². The van der Waals surface area contributed by atoms with Crippen LogP contribution < -0.4 is 9.64 Å². The molecule has 0 aromatic carbocycles. The Morgan fingerprint density at radius 3 is 2.78 bits per heavy atom. The van der Waals surface area contributed by atoms with E-state index in [1.54, 1.807) is 21.8 Å². The average Bonchev–Trinajstić information content (AvgIpc) is 3.54. The Labute approximate surface area is 209 Å². The molecule has 0 radical (unpaired) electrons. The van der Waals surface area contributed by atoms with Gasteiger partial charge in [-0.05, 0) is 51.3 Å². The molecule has 2 saturated heterocycles. The van der Waals surface area contributed by atoms with Gasteiger partial charge >= 0.3 is 6.09 Å². The second-order valence-corrected chi connectivity index (χ2v) is 9.54. The lowest BCUT2D eigenvalue weighted by atomic mass is 9.86. The predicted octanol–water partition coefficient (Wildman–Crippen LogP) is 3.79. The smallest absolute Gasteiger partial charge is 0.408 e. The summed E-state index contributed by atoms with van der Waals surface area (Å²) >= 11 is 0. The van der Waals surface area contributed by atoms with Gasteiger partial charge in [-0.2, -0.15) is 10.4 Å². The average molecular weight is 491 g/mol. The van der Waals surface area contributed by atoms with E-state index in [4.69, 9.17) is 14.5 Å². The maximum atomic E-state index is 12.1. The summed E-state index contributed by atoms with van der Waals surface area (Å²) in [5.74, 6) is 1.51. The van der Waals surface area contributed by atoms with Crippen molar-refractivity contribution in [3.63, 3.8) is 0 Å². The Hall–Kier alpha value is -3.84. The fourth-order valence-corrected chi connectivity index (χ4v) is 5.39. The molecule has 2 fully saturated rings. The second kappa shape index (κ2) is 9.66. The van der Waals surface area contributed by atoms with Crippen LogP contribution >= 0.6 is 0 Å². The Morgan fingerprint density at radius 2 is 2.17 bits per heavy atom. The van der Waals surface area contributed by atoms with Crippen LogP contribution in [0.4, 0.5) is 10.6 Å². The van der Waals surface area contributed by atoms with E-state index in [1.165, 1.54) is 0 Å². The highest BCUT2D eigenvalue weighted by atomic mass is 16.5. The van der Waals surface area contributed by atoms with Gasteiger partial charge in [-0.15, -0.1) is 0 Å². The van der Waals surface area contributed by atoms with Crippen LogP contribution in [0.3, 0.4) is 0 Å². The number of hydrogen-bond donors (Lipinski definition) is 1. The van der Waals surface area contributed by atoms with Gasteiger partial charge in [-0.1, -0.05) is 0 Å². The lowest BCUT2D eigenvalue weighted by molar-refractivity contribution is 0.0340. The number of hydrogen-bond acceptors (Lipinski definition) is 7. The second-order valence-electron chi connectivity index (χ2n) is 9.54.